The minimum atomic E-state index is 0. The maximum Gasteiger partial charge on any atom is 0 e. The molecule has 7 heavy (non-hydrogen) atoms. The fourth-order valence-corrected chi connectivity index (χ4v) is 0. The molecular weight excluding hydrogens is 260 g/mol. The Hall–Kier alpha value is 2.21. The largest absolute Gasteiger partial charge is 0.453 e. The van der Waals surface area contributed by atoms with Gasteiger partial charge in [0.05, 0.1) is 0 Å². The van der Waals surface area contributed by atoms with E-state index >= 15 is 0 Å². The summed E-state index contributed by atoms with van der Waals surface area (Å²) in [6, 6.07) is 0. The van der Waals surface area contributed by atoms with E-state index in [0.717, 1.165) is 0 Å². The molecule has 36 valence electrons. The molecule has 0 saturated heterocycles. The van der Waals surface area contributed by atoms with Gasteiger partial charge in [-0.1, -0.05) is 12.2 Å². The predicted molar refractivity (Wildman–Crippen MR) is 16.9 cm³/mol. The average molecular weight is 261 g/mol. The summed E-state index contributed by atoms with van der Waals surface area (Å²) in [6.07, 6.45) is 0. The molecule has 0 rings (SSSR count). The Balaban J connectivity index is -0.00000000333. The van der Waals surface area contributed by atoms with Crippen molar-refractivity contribution in [1.29, 1.82) is 0 Å². The van der Waals surface area contributed by atoms with Crippen molar-refractivity contribution < 1.29 is 74.2 Å². The smallest absolute Gasteiger partial charge is 0 e. The molecule has 0 atom stereocenters. The zero-order valence-corrected chi connectivity index (χ0v) is 9.68. The van der Waals surface area contributed by atoms with Gasteiger partial charge in [0, 0.05) is 74.2 Å². The van der Waals surface area contributed by atoms with Crippen LogP contribution in [0.15, 0.2) is 0 Å². The first-order valence-electron chi connectivity index (χ1n) is 0.493. The van der Waals surface area contributed by atoms with Gasteiger partial charge >= 0.3 is 0 Å². The summed E-state index contributed by atoms with van der Waals surface area (Å²) in [4.78, 5) is 0. The zero-order valence-electron chi connectivity index (χ0n) is 3.27. The van der Waals surface area contributed by atoms with Crippen molar-refractivity contribution in [3.05, 3.63) is 6.58 Å². The molecule has 0 amide bonds. The summed E-state index contributed by atoms with van der Waals surface area (Å²) < 4.78 is 0. The normalized spacial score (nSPS) is 1.14. The number of hydrogen-bond acceptors (Lipinski definition) is 1. The van der Waals surface area contributed by atoms with E-state index in [1.165, 1.54) is 0 Å². The van der Waals surface area contributed by atoms with E-state index in [4.69, 9.17) is 0 Å². The predicted octanol–water partition coefficient (Wildman–Crippen LogP) is 0.564. The van der Waals surface area contributed by atoms with Crippen LogP contribution < -0.4 is 0 Å². The van der Waals surface area contributed by atoms with Crippen LogP contribution >= 0.6 is 12.2 Å². The van der Waals surface area contributed by atoms with Gasteiger partial charge in [-0.3, -0.25) is 5.02 Å². The van der Waals surface area contributed by atoms with Gasteiger partial charge in [-0.15, -0.1) is 0 Å². The molecule has 0 unspecified atom stereocenters. The maximum atomic E-state index is 4.41. The fraction of sp³-hybridized carbons (Fsp3) is 0. The van der Waals surface area contributed by atoms with E-state index in [1.807, 2.05) is 5.02 Å². The summed E-state index contributed by atoms with van der Waals surface area (Å²) >= 11 is 3.92. The number of hydrogen-bond donors (Lipinski definition) is 0. The van der Waals surface area contributed by atoms with Crippen LogP contribution in [0.1, 0.15) is 0 Å². The first-order chi connectivity index (χ1) is 1.41. The van der Waals surface area contributed by atoms with Crippen LogP contribution in [0.5, 0.6) is 0 Å². The Morgan fingerprint density at radius 1 is 1.00 bits per heavy atom. The van der Waals surface area contributed by atoms with Crippen molar-refractivity contribution in [3.63, 3.8) is 0 Å². The summed E-state index contributed by atoms with van der Waals surface area (Å²) in [5.41, 5.74) is 0. The molecule has 0 aliphatic rings. The van der Waals surface area contributed by atoms with Crippen molar-refractivity contribution in [2.24, 2.45) is 0 Å². The summed E-state index contributed by atoms with van der Waals surface area (Å²) in [7, 11) is 0. The van der Waals surface area contributed by atoms with E-state index in [-0.39, 0.29) is 74.2 Å². The second-order valence-electron chi connectivity index (χ2n) is 0.118. The molecular formula is C2HSV4-. The summed E-state index contributed by atoms with van der Waals surface area (Å²) in [6.45, 7) is 4.41. The van der Waals surface area contributed by atoms with Gasteiger partial charge in [-0.05, 0) is 0 Å². The molecule has 4 radical (unpaired) electrons. The van der Waals surface area contributed by atoms with E-state index < -0.39 is 0 Å². The number of thiocarbonyl (C=S) groups is 1. The molecule has 5 heteroatoms. The topological polar surface area (TPSA) is 0 Å². The Kier molecular flexibility index (Phi) is 207. The van der Waals surface area contributed by atoms with Crippen LogP contribution in [0.3, 0.4) is 0 Å². The Labute approximate surface area is 96.8 Å². The van der Waals surface area contributed by atoms with Gasteiger partial charge in [-0.25, -0.2) is 0 Å². The molecule has 0 aliphatic carbocycles. The third kappa shape index (κ3) is 64.9. The van der Waals surface area contributed by atoms with Crippen molar-refractivity contribution in [2.75, 3.05) is 0 Å². The molecule has 0 aromatic carbocycles. The van der Waals surface area contributed by atoms with Gasteiger partial charge in [0.15, 0.2) is 0 Å². The van der Waals surface area contributed by atoms with Gasteiger partial charge < -0.3 is 6.58 Å². The Morgan fingerprint density at radius 3 is 1.00 bits per heavy atom. The molecule has 0 aromatic heterocycles. The summed E-state index contributed by atoms with van der Waals surface area (Å²) in [5.74, 6) is 0. The van der Waals surface area contributed by atoms with Crippen LogP contribution in [0.25, 0.3) is 0 Å². The minimum absolute atomic E-state index is 0. The Bertz CT molecular complexity index is 30.7. The Morgan fingerprint density at radius 2 is 1.00 bits per heavy atom. The van der Waals surface area contributed by atoms with Crippen LogP contribution in [0.2, 0.25) is 0 Å². The second-order valence-corrected chi connectivity index (χ2v) is 0.354. The molecule has 0 fully saturated rings. The standard InChI is InChI=1S/C2HS.4V/c1-2-3;;;;/h1H;;;;/q-1;;;;. The van der Waals surface area contributed by atoms with E-state index in [0.29, 0.717) is 0 Å². The SMILES string of the molecule is [CH-]=C=S.[V].[V].[V].[V]. The second kappa shape index (κ2) is 41.4. The van der Waals surface area contributed by atoms with Crippen LogP contribution in [-0.4, -0.2) is 5.02 Å². The van der Waals surface area contributed by atoms with Gasteiger partial charge in [0.25, 0.3) is 0 Å². The van der Waals surface area contributed by atoms with Gasteiger partial charge in [-0.2, -0.15) is 0 Å². The molecule has 0 heterocycles. The maximum absolute atomic E-state index is 4.41. The molecule has 0 aliphatic heterocycles. The van der Waals surface area contributed by atoms with Crippen LogP contribution in [0.4, 0.5) is 0 Å². The van der Waals surface area contributed by atoms with E-state index in [9.17, 15) is 0 Å². The van der Waals surface area contributed by atoms with E-state index in [1.54, 1.807) is 0 Å². The molecule has 0 nitrogen and oxygen atoms in total. The summed E-state index contributed by atoms with van der Waals surface area (Å²) in [5, 5.41) is 1.83. The fourth-order valence-electron chi connectivity index (χ4n) is 0. The molecule has 0 N–H and O–H groups in total. The first-order valence-corrected chi connectivity index (χ1v) is 0.901. The molecule has 0 saturated carbocycles. The van der Waals surface area contributed by atoms with E-state index in [2.05, 4.69) is 18.8 Å². The molecule has 0 bridgehead atoms. The molecule has 0 spiro atoms. The van der Waals surface area contributed by atoms with Crippen molar-refractivity contribution in [2.45, 2.75) is 0 Å². The molecule has 0 aromatic rings. The monoisotopic (exact) mass is 261 g/mol. The quantitative estimate of drug-likeness (QED) is 0.453. The van der Waals surface area contributed by atoms with Gasteiger partial charge in [0.2, 0.25) is 0 Å². The average Bonchev–Trinajstić information content (AvgIpc) is 0.918. The third-order valence-electron chi connectivity index (χ3n) is 0. The third-order valence-corrected chi connectivity index (χ3v) is 0. The van der Waals surface area contributed by atoms with Crippen LogP contribution in [0, 0.1) is 6.58 Å². The van der Waals surface area contributed by atoms with Gasteiger partial charge in [0.1, 0.15) is 0 Å². The number of rotatable bonds is 0. The first kappa shape index (κ1) is 35.0. The van der Waals surface area contributed by atoms with Crippen molar-refractivity contribution in [1.82, 2.24) is 0 Å². The van der Waals surface area contributed by atoms with Crippen LogP contribution in [-0.2, 0) is 74.2 Å². The van der Waals surface area contributed by atoms with Crippen molar-refractivity contribution in [3.8, 4) is 0 Å². The minimum Gasteiger partial charge on any atom is -0.453 e. The zero-order chi connectivity index (χ0) is 2.71. The van der Waals surface area contributed by atoms with Crippen molar-refractivity contribution >= 4 is 17.2 Å².